The number of amides is 1. The Labute approximate surface area is 163 Å². The lowest BCUT2D eigenvalue weighted by atomic mass is 10.0. The third-order valence-electron chi connectivity index (χ3n) is 5.36. The number of Topliss-reactive ketones (excluding diaryl/α,β-unsaturated/α-hetero) is 1. The van der Waals surface area contributed by atoms with Crippen molar-refractivity contribution in [2.24, 2.45) is 0 Å². The monoisotopic (exact) mass is 377 g/mol. The molecule has 0 aromatic rings. The highest BCUT2D eigenvalue weighted by atomic mass is 16.6. The van der Waals surface area contributed by atoms with E-state index in [2.05, 4.69) is 12.2 Å². The minimum atomic E-state index is -0.658. The Balaban J connectivity index is 1.39. The summed E-state index contributed by atoms with van der Waals surface area (Å²) in [4.78, 5) is 35.4. The highest BCUT2D eigenvalue weighted by Crippen LogP contribution is 2.30. The van der Waals surface area contributed by atoms with Gasteiger partial charge in [-0.2, -0.15) is 0 Å². The SMILES string of the molecule is CCCCCCCCCCCCCCCC(=O)NC1=CC(=O)C2OC2C1=O. The van der Waals surface area contributed by atoms with Crippen LogP contribution in [0.25, 0.3) is 0 Å². The largest absolute Gasteiger partial charge is 0.352 e. The number of fused-ring (bicyclic) bond motifs is 1. The molecule has 2 unspecified atom stereocenters. The van der Waals surface area contributed by atoms with Crippen LogP contribution in [0, 0.1) is 0 Å². The second-order valence-corrected chi connectivity index (χ2v) is 7.84. The molecule has 2 atom stereocenters. The van der Waals surface area contributed by atoms with Crippen LogP contribution in [-0.2, 0) is 19.1 Å². The topological polar surface area (TPSA) is 75.8 Å². The summed E-state index contributed by atoms with van der Waals surface area (Å²) in [7, 11) is 0. The Morgan fingerprint density at radius 3 is 1.93 bits per heavy atom. The van der Waals surface area contributed by atoms with Crippen LogP contribution in [0.5, 0.6) is 0 Å². The van der Waals surface area contributed by atoms with Crippen LogP contribution < -0.4 is 5.32 Å². The summed E-state index contributed by atoms with van der Waals surface area (Å²) in [5.74, 6) is -0.696. The molecule has 1 fully saturated rings. The van der Waals surface area contributed by atoms with Gasteiger partial charge in [0.05, 0.1) is 5.70 Å². The number of hydrogen-bond donors (Lipinski definition) is 1. The number of ketones is 2. The van der Waals surface area contributed by atoms with Gasteiger partial charge in [-0.25, -0.2) is 0 Å². The minimum Gasteiger partial charge on any atom is -0.352 e. The van der Waals surface area contributed by atoms with Crippen LogP contribution >= 0.6 is 0 Å². The molecule has 1 amide bonds. The van der Waals surface area contributed by atoms with Crippen LogP contribution in [0.1, 0.15) is 96.8 Å². The van der Waals surface area contributed by atoms with Crippen molar-refractivity contribution in [1.82, 2.24) is 5.32 Å². The molecular weight excluding hydrogens is 342 g/mol. The first kappa shape index (κ1) is 21.8. The molecule has 1 heterocycles. The molecule has 0 aromatic carbocycles. The maximum atomic E-state index is 11.9. The lowest BCUT2D eigenvalue weighted by Crippen LogP contribution is -2.34. The molecule has 5 heteroatoms. The van der Waals surface area contributed by atoms with Crippen molar-refractivity contribution in [3.8, 4) is 0 Å². The van der Waals surface area contributed by atoms with E-state index in [0.29, 0.717) is 6.42 Å². The minimum absolute atomic E-state index is 0.0958. The van der Waals surface area contributed by atoms with Crippen LogP contribution in [0.15, 0.2) is 11.8 Å². The third kappa shape index (κ3) is 7.96. The summed E-state index contributed by atoms with van der Waals surface area (Å²) in [5, 5.41) is 2.57. The van der Waals surface area contributed by atoms with Crippen molar-refractivity contribution < 1.29 is 19.1 Å². The second-order valence-electron chi connectivity index (χ2n) is 7.84. The fraction of sp³-hybridized carbons (Fsp3) is 0.773. The zero-order valence-corrected chi connectivity index (χ0v) is 16.8. The Kier molecular flexibility index (Phi) is 9.74. The van der Waals surface area contributed by atoms with E-state index in [4.69, 9.17) is 4.74 Å². The first-order valence-electron chi connectivity index (χ1n) is 10.9. The molecule has 5 nitrogen and oxygen atoms in total. The lowest BCUT2D eigenvalue weighted by Gasteiger charge is -2.10. The maximum Gasteiger partial charge on any atom is 0.224 e. The van der Waals surface area contributed by atoms with Gasteiger partial charge >= 0.3 is 0 Å². The number of hydrogen-bond acceptors (Lipinski definition) is 4. The normalized spacial score (nSPS) is 21.0. The van der Waals surface area contributed by atoms with Crippen molar-refractivity contribution in [3.05, 3.63) is 11.8 Å². The van der Waals surface area contributed by atoms with Gasteiger partial charge < -0.3 is 10.1 Å². The zero-order valence-electron chi connectivity index (χ0n) is 16.8. The molecule has 0 aromatic heterocycles. The van der Waals surface area contributed by atoms with Crippen LogP contribution in [0.3, 0.4) is 0 Å². The van der Waals surface area contributed by atoms with E-state index in [0.717, 1.165) is 19.3 Å². The van der Waals surface area contributed by atoms with Gasteiger partial charge in [-0.1, -0.05) is 84.0 Å². The van der Waals surface area contributed by atoms with Gasteiger partial charge in [-0.15, -0.1) is 0 Å². The van der Waals surface area contributed by atoms with Gasteiger partial charge in [0.15, 0.2) is 18.0 Å². The molecule has 1 saturated heterocycles. The van der Waals surface area contributed by atoms with E-state index in [-0.39, 0.29) is 23.2 Å². The average molecular weight is 378 g/mol. The highest BCUT2D eigenvalue weighted by molar-refractivity contribution is 6.16. The molecule has 152 valence electrons. The number of ether oxygens (including phenoxy) is 1. The van der Waals surface area contributed by atoms with Crippen molar-refractivity contribution in [2.45, 2.75) is 109 Å². The molecule has 0 spiro atoms. The fourth-order valence-electron chi connectivity index (χ4n) is 3.59. The Bertz CT molecular complexity index is 540. The van der Waals surface area contributed by atoms with Gasteiger partial charge in [-0.05, 0) is 6.42 Å². The zero-order chi connectivity index (χ0) is 19.5. The van der Waals surface area contributed by atoms with Crippen molar-refractivity contribution in [2.75, 3.05) is 0 Å². The van der Waals surface area contributed by atoms with Crippen LogP contribution in [-0.4, -0.2) is 29.7 Å². The second kappa shape index (κ2) is 12.1. The summed E-state index contributed by atoms with van der Waals surface area (Å²) in [6.45, 7) is 2.25. The summed E-state index contributed by atoms with van der Waals surface area (Å²) in [6, 6.07) is 0. The molecule has 0 saturated carbocycles. The molecule has 0 bridgehead atoms. The number of carbonyl (C=O) groups excluding carboxylic acids is 3. The van der Waals surface area contributed by atoms with Gasteiger partial charge in [-0.3, -0.25) is 14.4 Å². The van der Waals surface area contributed by atoms with E-state index >= 15 is 0 Å². The highest BCUT2D eigenvalue weighted by Gasteiger charge is 2.53. The van der Waals surface area contributed by atoms with Crippen LogP contribution in [0.2, 0.25) is 0 Å². The Hall–Kier alpha value is -1.49. The predicted molar refractivity (Wildman–Crippen MR) is 105 cm³/mol. The molecule has 1 aliphatic heterocycles. The third-order valence-corrected chi connectivity index (χ3v) is 5.36. The van der Waals surface area contributed by atoms with Gasteiger partial charge in [0.25, 0.3) is 0 Å². The van der Waals surface area contributed by atoms with Crippen LogP contribution in [0.4, 0.5) is 0 Å². The smallest absolute Gasteiger partial charge is 0.224 e. The van der Waals surface area contributed by atoms with Gasteiger partial charge in [0, 0.05) is 12.5 Å². The molecule has 2 aliphatic rings. The fourth-order valence-corrected chi connectivity index (χ4v) is 3.59. The van der Waals surface area contributed by atoms with Gasteiger partial charge in [0.1, 0.15) is 0 Å². The van der Waals surface area contributed by atoms with E-state index in [1.807, 2.05) is 0 Å². The number of carbonyl (C=O) groups is 3. The first-order valence-corrected chi connectivity index (χ1v) is 10.9. The number of nitrogens with one attached hydrogen (secondary N) is 1. The standard InChI is InChI=1S/C22H35NO4/c1-2-3-4-5-6-7-8-9-10-11-12-13-14-15-19(25)23-17-16-18(24)21-22(27-21)20(17)26/h16,21-22H,2-15H2,1H3,(H,23,25). The molecule has 1 N–H and O–H groups in total. The Morgan fingerprint density at radius 2 is 1.37 bits per heavy atom. The maximum absolute atomic E-state index is 11.9. The van der Waals surface area contributed by atoms with Crippen molar-refractivity contribution >= 4 is 17.5 Å². The van der Waals surface area contributed by atoms with Crippen molar-refractivity contribution in [1.29, 1.82) is 0 Å². The van der Waals surface area contributed by atoms with Gasteiger partial charge in [0.2, 0.25) is 11.7 Å². The average Bonchev–Trinajstić information content (AvgIpc) is 3.45. The number of epoxide rings is 1. The van der Waals surface area contributed by atoms with Crippen molar-refractivity contribution in [3.63, 3.8) is 0 Å². The molecule has 1 aliphatic carbocycles. The summed E-state index contributed by atoms with van der Waals surface area (Å²) >= 11 is 0. The van der Waals surface area contributed by atoms with E-state index in [1.165, 1.54) is 70.3 Å². The molecule has 27 heavy (non-hydrogen) atoms. The Morgan fingerprint density at radius 1 is 0.852 bits per heavy atom. The quantitative estimate of drug-likeness (QED) is 0.339. The van der Waals surface area contributed by atoms with E-state index < -0.39 is 12.2 Å². The van der Waals surface area contributed by atoms with E-state index in [9.17, 15) is 14.4 Å². The summed E-state index contributed by atoms with van der Waals surface area (Å²) in [5.41, 5.74) is 0.0958. The predicted octanol–water partition coefficient (Wildman–Crippen LogP) is 4.39. The molecule has 2 rings (SSSR count). The number of rotatable bonds is 15. The molecule has 0 radical (unpaired) electrons. The van der Waals surface area contributed by atoms with E-state index in [1.54, 1.807) is 0 Å². The lowest BCUT2D eigenvalue weighted by molar-refractivity contribution is -0.124. The number of unbranched alkanes of at least 4 members (excludes halogenated alkanes) is 12. The summed E-state index contributed by atoms with van der Waals surface area (Å²) < 4.78 is 4.99. The molecular formula is C22H35NO4. The first-order chi connectivity index (χ1) is 13.1. The summed E-state index contributed by atoms with van der Waals surface area (Å²) in [6.07, 6.45) is 16.8.